The Morgan fingerprint density at radius 1 is 0.533 bits per heavy atom. The highest BCUT2D eigenvalue weighted by Crippen LogP contribution is 2.81. The van der Waals surface area contributed by atoms with Gasteiger partial charge in [-0.2, -0.15) is 0 Å². The van der Waals surface area contributed by atoms with Crippen LogP contribution in [0.2, 0.25) is 0 Å². The van der Waals surface area contributed by atoms with Gasteiger partial charge in [-0.1, -0.05) is 183 Å². The molecular formula is C57H59NS2. The molecule has 60 heavy (non-hydrogen) atoms. The standard InChI is InChI=1S/C57H59NS2/c1-7-60(5,6)57(59(2,3)4)55-41-49(31-29-46-22-15-10-16-23-46)34-38-53(55)54-39-37-52(42-56(54)57)58(51-35-32-47(33-36-51)27-26-44-18-11-8-12-19-44)43-50-25-17-24-48(40-50)30-28-45-20-13-9-14-21-45/h8-24,26-42,50H,7,25,43H2,1-6H3/b27-26+,30-28+,31-29+. The molecule has 0 N–H and O–H groups in total. The molecule has 0 heterocycles. The molecule has 0 aliphatic heterocycles. The summed E-state index contributed by atoms with van der Waals surface area (Å²) in [6.45, 7) is 3.31. The molecule has 0 amide bonds. The Bertz CT molecular complexity index is 2570. The number of hydrogen-bond donors (Lipinski definition) is 0. The average Bonchev–Trinajstić information content (AvgIpc) is 3.58. The maximum Gasteiger partial charge on any atom is 0.0814 e. The predicted octanol–water partition coefficient (Wildman–Crippen LogP) is 15.3. The smallest absolute Gasteiger partial charge is 0.0814 e. The van der Waals surface area contributed by atoms with E-state index in [1.807, 2.05) is 0 Å². The molecule has 0 bridgehead atoms. The SMILES string of the molecule is CCS(C)(C)C1(S(C)(C)C)c2cc(/C=C/c3ccccc3)ccc2-c2ccc(N(CC3C=C(/C=C/c4ccccc4)C=CC3)c3ccc(/C=C/c4ccccc4)cc3)cc21. The molecule has 2 atom stereocenters. The summed E-state index contributed by atoms with van der Waals surface area (Å²) < 4.78 is -0.0767. The average molecular weight is 822 g/mol. The molecule has 1 nitrogen and oxygen atoms in total. The van der Waals surface area contributed by atoms with E-state index in [1.54, 1.807) is 0 Å². The van der Waals surface area contributed by atoms with Crippen LogP contribution in [0.4, 0.5) is 11.4 Å². The van der Waals surface area contributed by atoms with Gasteiger partial charge >= 0.3 is 0 Å². The van der Waals surface area contributed by atoms with Gasteiger partial charge in [-0.15, -0.1) is 0 Å². The number of anilines is 2. The molecule has 2 aliphatic rings. The molecular weight excluding hydrogens is 763 g/mol. The quantitative estimate of drug-likeness (QED) is 0.105. The monoisotopic (exact) mass is 821 g/mol. The summed E-state index contributed by atoms with van der Waals surface area (Å²) in [6.07, 6.45) is 34.5. The van der Waals surface area contributed by atoms with Gasteiger partial charge in [-0.3, -0.25) is 0 Å². The Labute approximate surface area is 363 Å². The lowest BCUT2D eigenvalue weighted by Crippen LogP contribution is -2.37. The highest BCUT2D eigenvalue weighted by molar-refractivity contribution is 8.49. The molecule has 0 saturated carbocycles. The molecule has 6 aromatic rings. The topological polar surface area (TPSA) is 3.24 Å². The van der Waals surface area contributed by atoms with Crippen LogP contribution in [-0.4, -0.2) is 43.6 Å². The van der Waals surface area contributed by atoms with E-state index in [0.29, 0.717) is 5.92 Å². The van der Waals surface area contributed by atoms with Crippen LogP contribution in [0.15, 0.2) is 182 Å². The van der Waals surface area contributed by atoms with E-state index in [0.717, 1.165) is 18.7 Å². The van der Waals surface area contributed by atoms with Crippen molar-refractivity contribution < 1.29 is 0 Å². The first kappa shape index (κ1) is 41.3. The van der Waals surface area contributed by atoms with Gasteiger partial charge in [0.05, 0.1) is 4.08 Å². The first-order valence-corrected chi connectivity index (χ1v) is 26.7. The van der Waals surface area contributed by atoms with E-state index in [2.05, 4.69) is 249 Å². The van der Waals surface area contributed by atoms with Crippen molar-refractivity contribution in [3.8, 4) is 11.1 Å². The van der Waals surface area contributed by atoms with Crippen molar-refractivity contribution in [3.05, 3.63) is 220 Å². The van der Waals surface area contributed by atoms with Gasteiger partial charge in [0.1, 0.15) is 0 Å². The summed E-state index contributed by atoms with van der Waals surface area (Å²) in [5, 5.41) is 0. The molecule has 304 valence electrons. The molecule has 3 heteroatoms. The van der Waals surface area contributed by atoms with Crippen molar-refractivity contribution in [2.24, 2.45) is 5.92 Å². The second-order valence-corrected chi connectivity index (χ2v) is 26.1. The summed E-state index contributed by atoms with van der Waals surface area (Å²) in [7, 11) is -2.36. The zero-order valence-corrected chi connectivity index (χ0v) is 37.7. The zero-order chi connectivity index (χ0) is 41.7. The zero-order valence-electron chi connectivity index (χ0n) is 36.1. The lowest BCUT2D eigenvalue weighted by molar-refractivity contribution is 0.653. The van der Waals surface area contributed by atoms with Gasteiger partial charge in [0, 0.05) is 17.9 Å². The molecule has 2 unspecified atom stereocenters. The number of hydrogen-bond acceptors (Lipinski definition) is 1. The highest BCUT2D eigenvalue weighted by Gasteiger charge is 2.55. The van der Waals surface area contributed by atoms with Crippen molar-refractivity contribution in [1.82, 2.24) is 0 Å². The third kappa shape index (κ3) is 8.44. The Hall–Kier alpha value is -5.48. The largest absolute Gasteiger partial charge is 0.341 e. The lowest BCUT2D eigenvalue weighted by Gasteiger charge is -2.60. The number of benzene rings is 6. The van der Waals surface area contributed by atoms with Crippen molar-refractivity contribution in [2.45, 2.75) is 17.4 Å². The number of fused-ring (bicyclic) bond motifs is 3. The van der Waals surface area contributed by atoms with Gasteiger partial charge in [-0.25, -0.2) is 20.1 Å². The summed E-state index contributed by atoms with van der Waals surface area (Å²) in [5.74, 6) is 1.51. The molecule has 0 radical (unpaired) electrons. The Balaban J connectivity index is 1.22. The second-order valence-electron chi connectivity index (χ2n) is 17.3. The maximum absolute atomic E-state index is 2.61. The minimum atomic E-state index is -1.19. The van der Waals surface area contributed by atoms with Crippen LogP contribution in [0.3, 0.4) is 0 Å². The van der Waals surface area contributed by atoms with Gasteiger partial charge < -0.3 is 4.90 Å². The molecule has 0 aromatic heterocycles. The number of nitrogens with zero attached hydrogens (tertiary/aromatic N) is 1. The van der Waals surface area contributed by atoms with E-state index < -0.39 is 20.1 Å². The van der Waals surface area contributed by atoms with Crippen LogP contribution in [0.25, 0.3) is 41.5 Å². The molecule has 0 fully saturated rings. The van der Waals surface area contributed by atoms with Crippen LogP contribution < -0.4 is 4.90 Å². The first-order chi connectivity index (χ1) is 29.1. The van der Waals surface area contributed by atoms with E-state index in [1.165, 1.54) is 67.0 Å². The minimum absolute atomic E-state index is 0.0767. The van der Waals surface area contributed by atoms with Gasteiger partial charge in [0.25, 0.3) is 0 Å². The van der Waals surface area contributed by atoms with Crippen molar-refractivity contribution in [1.29, 1.82) is 0 Å². The normalized spacial score (nSPS) is 18.2. The van der Waals surface area contributed by atoms with Crippen LogP contribution in [0.5, 0.6) is 0 Å². The fraction of sp³-hybridized carbons (Fsp3) is 0.193. The Kier molecular flexibility index (Phi) is 12.1. The Morgan fingerprint density at radius 2 is 1.00 bits per heavy atom. The summed E-state index contributed by atoms with van der Waals surface area (Å²) in [6, 6.07) is 55.7. The van der Waals surface area contributed by atoms with Crippen molar-refractivity contribution >= 4 is 61.8 Å². The van der Waals surface area contributed by atoms with Gasteiger partial charge in [-0.05, 0) is 135 Å². The fourth-order valence-corrected chi connectivity index (χ4v) is 18.7. The fourth-order valence-electron chi connectivity index (χ4n) is 9.30. The van der Waals surface area contributed by atoms with Gasteiger partial charge in [0.15, 0.2) is 0 Å². The predicted molar refractivity (Wildman–Crippen MR) is 273 cm³/mol. The number of rotatable bonds is 13. The second kappa shape index (κ2) is 17.6. The molecule has 6 aromatic carbocycles. The number of allylic oxidation sites excluding steroid dienone is 4. The van der Waals surface area contributed by atoms with E-state index in [-0.39, 0.29) is 4.08 Å². The molecule has 2 aliphatic carbocycles. The summed E-state index contributed by atoms with van der Waals surface area (Å²) in [4.78, 5) is 2.60. The lowest BCUT2D eigenvalue weighted by atomic mass is 9.94. The van der Waals surface area contributed by atoms with Crippen LogP contribution in [-0.2, 0) is 4.08 Å². The molecule has 0 spiro atoms. The summed E-state index contributed by atoms with van der Waals surface area (Å²) in [5.41, 5.74) is 15.7. The molecule has 8 rings (SSSR count). The Morgan fingerprint density at radius 3 is 1.55 bits per heavy atom. The third-order valence-corrected chi connectivity index (χ3v) is 20.8. The minimum Gasteiger partial charge on any atom is -0.341 e. The third-order valence-electron chi connectivity index (χ3n) is 12.3. The van der Waals surface area contributed by atoms with Crippen LogP contribution in [0, 0.1) is 5.92 Å². The van der Waals surface area contributed by atoms with E-state index >= 15 is 0 Å². The molecule has 0 saturated heterocycles. The maximum atomic E-state index is 2.61. The van der Waals surface area contributed by atoms with Crippen LogP contribution in [0.1, 0.15) is 52.3 Å². The van der Waals surface area contributed by atoms with Crippen molar-refractivity contribution in [3.63, 3.8) is 0 Å². The highest BCUT2D eigenvalue weighted by atomic mass is 32.3. The summed E-state index contributed by atoms with van der Waals surface area (Å²) >= 11 is 0. The van der Waals surface area contributed by atoms with E-state index in [4.69, 9.17) is 0 Å². The first-order valence-electron chi connectivity index (χ1n) is 21.2. The van der Waals surface area contributed by atoms with Crippen molar-refractivity contribution in [2.75, 3.05) is 48.5 Å². The van der Waals surface area contributed by atoms with E-state index in [9.17, 15) is 0 Å². The van der Waals surface area contributed by atoms with Gasteiger partial charge in [0.2, 0.25) is 0 Å². The van der Waals surface area contributed by atoms with Crippen LogP contribution >= 0.6 is 20.1 Å².